The first kappa shape index (κ1) is 17.1. The Kier molecular flexibility index (Phi) is 6.01. The van der Waals surface area contributed by atoms with Crippen LogP contribution in [0.25, 0.3) is 10.2 Å². The summed E-state index contributed by atoms with van der Waals surface area (Å²) in [6.45, 7) is 4.21. The van der Waals surface area contributed by atoms with Crippen molar-refractivity contribution in [3.8, 4) is 0 Å². The molecule has 6 nitrogen and oxygen atoms in total. The fraction of sp³-hybridized carbons (Fsp3) is 0.529. The molecule has 0 aliphatic carbocycles. The van der Waals surface area contributed by atoms with Crippen molar-refractivity contribution in [3.05, 3.63) is 24.3 Å². The highest BCUT2D eigenvalue weighted by Gasteiger charge is 2.19. The van der Waals surface area contributed by atoms with Crippen molar-refractivity contribution in [1.29, 1.82) is 0 Å². The summed E-state index contributed by atoms with van der Waals surface area (Å²) in [6, 6.07) is 8.02. The van der Waals surface area contributed by atoms with Gasteiger partial charge in [0.2, 0.25) is 5.91 Å². The number of para-hydroxylation sites is 1. The second kappa shape index (κ2) is 8.41. The van der Waals surface area contributed by atoms with Crippen LogP contribution < -0.4 is 10.6 Å². The average Bonchev–Trinajstić information content (AvgIpc) is 3.25. The van der Waals surface area contributed by atoms with Gasteiger partial charge in [-0.3, -0.25) is 4.79 Å². The molecule has 2 atom stereocenters. The Balaban J connectivity index is 1.33. The quantitative estimate of drug-likeness (QED) is 0.716. The van der Waals surface area contributed by atoms with Gasteiger partial charge in [0.25, 0.3) is 0 Å². The van der Waals surface area contributed by atoms with E-state index in [1.807, 2.05) is 24.3 Å². The van der Waals surface area contributed by atoms with Crippen LogP contribution in [0.4, 0.5) is 5.13 Å². The lowest BCUT2D eigenvalue weighted by atomic mass is 10.2. The molecular formula is C17H23N3O3S. The number of nitrogens with zero attached hydrogens (tertiary/aromatic N) is 1. The average molecular weight is 349 g/mol. The van der Waals surface area contributed by atoms with Crippen molar-refractivity contribution in [1.82, 2.24) is 10.3 Å². The van der Waals surface area contributed by atoms with E-state index in [9.17, 15) is 4.79 Å². The Morgan fingerprint density at radius 2 is 2.33 bits per heavy atom. The molecule has 0 spiro atoms. The van der Waals surface area contributed by atoms with E-state index in [-0.39, 0.29) is 12.0 Å². The van der Waals surface area contributed by atoms with Gasteiger partial charge in [-0.15, -0.1) is 0 Å². The maximum absolute atomic E-state index is 12.0. The van der Waals surface area contributed by atoms with Gasteiger partial charge in [-0.1, -0.05) is 23.5 Å². The van der Waals surface area contributed by atoms with Crippen LogP contribution in [0.2, 0.25) is 0 Å². The number of benzene rings is 1. The van der Waals surface area contributed by atoms with Gasteiger partial charge in [-0.25, -0.2) is 4.98 Å². The van der Waals surface area contributed by atoms with Gasteiger partial charge < -0.3 is 20.1 Å². The van der Waals surface area contributed by atoms with Crippen LogP contribution in [0, 0.1) is 0 Å². The van der Waals surface area contributed by atoms with Crippen molar-refractivity contribution >= 4 is 32.6 Å². The number of thiazole rings is 1. The number of nitrogens with one attached hydrogen (secondary N) is 2. The van der Waals surface area contributed by atoms with Crippen LogP contribution in [0.1, 0.15) is 19.8 Å². The summed E-state index contributed by atoms with van der Waals surface area (Å²) in [5.74, 6) is -0.0981. The minimum absolute atomic E-state index is 0.0981. The lowest BCUT2D eigenvalue weighted by molar-refractivity contribution is -0.133. The molecule has 130 valence electrons. The van der Waals surface area contributed by atoms with Gasteiger partial charge >= 0.3 is 0 Å². The first-order valence-electron chi connectivity index (χ1n) is 8.33. The molecule has 3 rings (SSSR count). The number of carbonyl (C=O) groups is 1. The first-order chi connectivity index (χ1) is 11.7. The van der Waals surface area contributed by atoms with Crippen LogP contribution >= 0.6 is 11.3 Å². The highest BCUT2D eigenvalue weighted by molar-refractivity contribution is 7.22. The van der Waals surface area contributed by atoms with Crippen LogP contribution in [0.15, 0.2) is 24.3 Å². The molecule has 1 aliphatic rings. The van der Waals surface area contributed by atoms with Crippen LogP contribution in [0.5, 0.6) is 0 Å². The molecule has 0 bridgehead atoms. The number of anilines is 1. The molecule has 2 aromatic rings. The predicted octanol–water partition coefficient (Wildman–Crippen LogP) is 2.41. The van der Waals surface area contributed by atoms with Gasteiger partial charge in [0.1, 0.15) is 6.10 Å². The van der Waals surface area contributed by atoms with Crippen molar-refractivity contribution in [3.63, 3.8) is 0 Å². The number of ether oxygens (including phenoxy) is 2. The Hall–Kier alpha value is -1.70. The second-order valence-electron chi connectivity index (χ2n) is 5.82. The SMILES string of the molecule is C[C@@H](OC[C@H]1CCCO1)C(=O)NCCNc1nc2ccccc2s1. The molecule has 0 saturated carbocycles. The minimum atomic E-state index is -0.461. The highest BCUT2D eigenvalue weighted by Crippen LogP contribution is 2.24. The number of rotatable bonds is 8. The third-order valence-electron chi connectivity index (χ3n) is 3.92. The lowest BCUT2D eigenvalue weighted by Crippen LogP contribution is -2.38. The topological polar surface area (TPSA) is 72.5 Å². The Morgan fingerprint density at radius 1 is 1.46 bits per heavy atom. The van der Waals surface area contributed by atoms with Gasteiger partial charge in [0.05, 0.1) is 22.9 Å². The predicted molar refractivity (Wildman–Crippen MR) is 95.5 cm³/mol. The Bertz CT molecular complexity index is 637. The zero-order valence-corrected chi connectivity index (χ0v) is 14.6. The summed E-state index contributed by atoms with van der Waals surface area (Å²) in [5.41, 5.74) is 0.991. The molecule has 1 aliphatic heterocycles. The van der Waals surface area contributed by atoms with E-state index in [1.165, 1.54) is 0 Å². The smallest absolute Gasteiger partial charge is 0.248 e. The molecule has 7 heteroatoms. The zero-order chi connectivity index (χ0) is 16.8. The van der Waals surface area contributed by atoms with Gasteiger partial charge in [0.15, 0.2) is 5.13 Å². The van der Waals surface area contributed by atoms with Crippen molar-refractivity contribution in [2.24, 2.45) is 0 Å². The molecule has 1 amide bonds. The van der Waals surface area contributed by atoms with Crippen molar-refractivity contribution < 1.29 is 14.3 Å². The summed E-state index contributed by atoms with van der Waals surface area (Å²) >= 11 is 1.61. The van der Waals surface area contributed by atoms with Gasteiger partial charge in [-0.2, -0.15) is 0 Å². The van der Waals surface area contributed by atoms with Crippen molar-refractivity contribution in [2.75, 3.05) is 31.6 Å². The normalized spacial score (nSPS) is 18.6. The van der Waals surface area contributed by atoms with Crippen LogP contribution in [0.3, 0.4) is 0 Å². The maximum Gasteiger partial charge on any atom is 0.248 e. The lowest BCUT2D eigenvalue weighted by Gasteiger charge is -2.16. The summed E-state index contributed by atoms with van der Waals surface area (Å²) in [7, 11) is 0. The number of aromatic nitrogens is 1. The molecule has 1 aromatic carbocycles. The summed E-state index contributed by atoms with van der Waals surface area (Å²) in [6.07, 6.45) is 1.77. The maximum atomic E-state index is 12.0. The Morgan fingerprint density at radius 3 is 3.12 bits per heavy atom. The third kappa shape index (κ3) is 4.66. The fourth-order valence-electron chi connectivity index (χ4n) is 2.55. The van der Waals surface area contributed by atoms with Crippen molar-refractivity contribution in [2.45, 2.75) is 32.0 Å². The minimum Gasteiger partial charge on any atom is -0.376 e. The Labute approximate surface area is 145 Å². The second-order valence-corrected chi connectivity index (χ2v) is 6.85. The highest BCUT2D eigenvalue weighted by atomic mass is 32.1. The molecule has 24 heavy (non-hydrogen) atoms. The molecule has 0 radical (unpaired) electrons. The van der Waals surface area contributed by atoms with Crippen LogP contribution in [-0.2, 0) is 14.3 Å². The monoisotopic (exact) mass is 349 g/mol. The van der Waals surface area contributed by atoms with Crippen LogP contribution in [-0.4, -0.2) is 49.4 Å². The summed E-state index contributed by atoms with van der Waals surface area (Å²) in [5, 5.41) is 6.98. The zero-order valence-electron chi connectivity index (χ0n) is 13.8. The standard InChI is InChI=1S/C17H23N3O3S/c1-12(23-11-13-5-4-10-22-13)16(21)18-8-9-19-17-20-14-6-2-3-7-15(14)24-17/h2-3,6-7,12-13H,4-5,8-11H2,1H3,(H,18,21)(H,19,20)/t12-,13-/m1/s1. The fourth-order valence-corrected chi connectivity index (χ4v) is 3.44. The molecular weight excluding hydrogens is 326 g/mol. The van der Waals surface area contributed by atoms with Gasteiger partial charge in [0, 0.05) is 19.7 Å². The van der Waals surface area contributed by atoms with Gasteiger partial charge in [-0.05, 0) is 31.9 Å². The third-order valence-corrected chi connectivity index (χ3v) is 4.91. The first-order valence-corrected chi connectivity index (χ1v) is 9.14. The number of carbonyl (C=O) groups excluding carboxylic acids is 1. The largest absolute Gasteiger partial charge is 0.376 e. The molecule has 1 saturated heterocycles. The van der Waals surface area contributed by atoms with E-state index < -0.39 is 6.10 Å². The van der Waals surface area contributed by atoms with E-state index in [0.717, 1.165) is 34.8 Å². The molecule has 2 heterocycles. The number of fused-ring (bicyclic) bond motifs is 1. The summed E-state index contributed by atoms with van der Waals surface area (Å²) < 4.78 is 12.2. The molecule has 1 aromatic heterocycles. The number of hydrogen-bond acceptors (Lipinski definition) is 6. The van der Waals surface area contributed by atoms with E-state index in [2.05, 4.69) is 15.6 Å². The van der Waals surface area contributed by atoms with E-state index >= 15 is 0 Å². The van der Waals surface area contributed by atoms with E-state index in [1.54, 1.807) is 18.3 Å². The molecule has 2 N–H and O–H groups in total. The van der Waals surface area contributed by atoms with E-state index in [0.29, 0.717) is 19.7 Å². The molecule has 0 unspecified atom stereocenters. The van der Waals surface area contributed by atoms with E-state index in [4.69, 9.17) is 9.47 Å². The number of hydrogen-bond donors (Lipinski definition) is 2. The summed E-state index contributed by atoms with van der Waals surface area (Å²) in [4.78, 5) is 16.5. The number of amides is 1. The molecule has 1 fully saturated rings.